The average Bonchev–Trinajstić information content (AvgIpc) is 2.81. The Morgan fingerprint density at radius 2 is 2.35 bits per heavy atom. The number of carbonyl (C=O) groups excluding carboxylic acids is 1. The number of imidazole rings is 1. The molecule has 1 aromatic carbocycles. The molecule has 0 saturated carbocycles. The Hall–Kier alpha value is -1.81. The van der Waals surface area contributed by atoms with Gasteiger partial charge >= 0.3 is 0 Å². The molecule has 1 atom stereocenters. The third kappa shape index (κ3) is 2.85. The minimum atomic E-state index is -0.309. The minimum absolute atomic E-state index is 0.106. The van der Waals surface area contributed by atoms with E-state index in [0.717, 1.165) is 0 Å². The topological polar surface area (TPSA) is 46.9 Å². The van der Waals surface area contributed by atoms with Gasteiger partial charge in [0.15, 0.2) is 0 Å². The van der Waals surface area contributed by atoms with Crippen molar-refractivity contribution in [3.63, 3.8) is 0 Å². The van der Waals surface area contributed by atoms with Crippen molar-refractivity contribution < 1.29 is 4.79 Å². The summed E-state index contributed by atoms with van der Waals surface area (Å²) >= 11 is 5.84. The van der Waals surface area contributed by atoms with Gasteiger partial charge in [0.1, 0.15) is 6.04 Å². The number of carbonyl (C=O) groups is 1. The Morgan fingerprint density at radius 1 is 1.53 bits per heavy atom. The quantitative estimate of drug-likeness (QED) is 0.909. The number of hydrogen-bond donors (Lipinski definition) is 1. The predicted molar refractivity (Wildman–Crippen MR) is 67.0 cm³/mol. The number of halogens is 1. The highest BCUT2D eigenvalue weighted by Crippen LogP contribution is 2.16. The minimum Gasteiger partial charge on any atom is -0.325 e. The summed E-state index contributed by atoms with van der Waals surface area (Å²) in [7, 11) is 0. The average molecular weight is 250 g/mol. The number of anilines is 1. The van der Waals surface area contributed by atoms with E-state index in [-0.39, 0.29) is 11.9 Å². The van der Waals surface area contributed by atoms with Crippen molar-refractivity contribution in [2.75, 3.05) is 5.32 Å². The Kier molecular flexibility index (Phi) is 3.44. The van der Waals surface area contributed by atoms with Gasteiger partial charge in [0.25, 0.3) is 0 Å². The Bertz CT molecular complexity index is 510. The van der Waals surface area contributed by atoms with Gasteiger partial charge in [0.05, 0.1) is 6.33 Å². The summed E-state index contributed by atoms with van der Waals surface area (Å²) in [5, 5.41) is 3.39. The molecule has 0 bridgehead atoms. The van der Waals surface area contributed by atoms with Crippen LogP contribution >= 0.6 is 11.6 Å². The first-order valence-corrected chi connectivity index (χ1v) is 5.58. The lowest BCUT2D eigenvalue weighted by Crippen LogP contribution is -2.22. The van der Waals surface area contributed by atoms with Crippen LogP contribution in [-0.2, 0) is 4.79 Å². The standard InChI is InChI=1S/C12H12ClN3O/c1-9(16-6-5-14-8-16)12(17)15-11-4-2-3-10(13)7-11/h2-9H,1H3,(H,15,17). The first kappa shape index (κ1) is 11.7. The third-order valence-electron chi connectivity index (χ3n) is 2.44. The summed E-state index contributed by atoms with van der Waals surface area (Å²) in [5.41, 5.74) is 0.689. The first-order valence-electron chi connectivity index (χ1n) is 5.20. The Morgan fingerprint density at radius 3 is 3.00 bits per heavy atom. The molecule has 0 spiro atoms. The molecule has 1 unspecified atom stereocenters. The molecule has 2 aromatic rings. The fourth-order valence-electron chi connectivity index (χ4n) is 1.45. The van der Waals surface area contributed by atoms with Crippen molar-refractivity contribution in [2.45, 2.75) is 13.0 Å². The monoisotopic (exact) mass is 249 g/mol. The number of nitrogens with zero attached hydrogens (tertiary/aromatic N) is 2. The highest BCUT2D eigenvalue weighted by atomic mass is 35.5. The second-order valence-electron chi connectivity index (χ2n) is 3.69. The highest BCUT2D eigenvalue weighted by Gasteiger charge is 2.14. The molecule has 1 heterocycles. The van der Waals surface area contributed by atoms with E-state index in [9.17, 15) is 4.79 Å². The lowest BCUT2D eigenvalue weighted by molar-refractivity contribution is -0.118. The fraction of sp³-hybridized carbons (Fsp3) is 0.167. The van der Waals surface area contributed by atoms with Crippen molar-refractivity contribution in [3.05, 3.63) is 48.0 Å². The zero-order valence-electron chi connectivity index (χ0n) is 9.30. The molecule has 1 N–H and O–H groups in total. The SMILES string of the molecule is CC(C(=O)Nc1cccc(Cl)c1)n1ccnc1. The van der Waals surface area contributed by atoms with Crippen LogP contribution < -0.4 is 5.32 Å². The van der Waals surface area contributed by atoms with Crippen molar-refractivity contribution in [1.29, 1.82) is 0 Å². The lowest BCUT2D eigenvalue weighted by Gasteiger charge is -2.13. The molecular formula is C12H12ClN3O. The van der Waals surface area contributed by atoms with Crippen LogP contribution in [0.2, 0.25) is 5.02 Å². The number of nitrogens with one attached hydrogen (secondary N) is 1. The lowest BCUT2D eigenvalue weighted by atomic mass is 10.2. The number of rotatable bonds is 3. The number of benzene rings is 1. The van der Waals surface area contributed by atoms with E-state index in [1.807, 2.05) is 6.92 Å². The second kappa shape index (κ2) is 5.01. The van der Waals surface area contributed by atoms with Crippen LogP contribution in [-0.4, -0.2) is 15.5 Å². The van der Waals surface area contributed by atoms with E-state index < -0.39 is 0 Å². The van der Waals surface area contributed by atoms with Crippen LogP contribution in [0.25, 0.3) is 0 Å². The Balaban J connectivity index is 2.07. The summed E-state index contributed by atoms with van der Waals surface area (Å²) in [6.45, 7) is 1.81. The zero-order chi connectivity index (χ0) is 12.3. The van der Waals surface area contributed by atoms with Crippen molar-refractivity contribution in [1.82, 2.24) is 9.55 Å². The summed E-state index contributed by atoms with van der Waals surface area (Å²) < 4.78 is 1.74. The van der Waals surface area contributed by atoms with Gasteiger partial charge in [-0.1, -0.05) is 17.7 Å². The fourth-order valence-corrected chi connectivity index (χ4v) is 1.64. The molecule has 88 valence electrons. The molecule has 5 heteroatoms. The van der Waals surface area contributed by atoms with Crippen LogP contribution in [0.5, 0.6) is 0 Å². The van der Waals surface area contributed by atoms with Crippen molar-refractivity contribution in [3.8, 4) is 0 Å². The van der Waals surface area contributed by atoms with E-state index in [4.69, 9.17) is 11.6 Å². The molecule has 0 saturated heterocycles. The molecule has 1 amide bonds. The maximum absolute atomic E-state index is 11.9. The number of hydrogen-bond acceptors (Lipinski definition) is 2. The van der Waals surface area contributed by atoms with E-state index in [1.54, 1.807) is 47.6 Å². The van der Waals surface area contributed by atoms with Crippen LogP contribution in [0, 0.1) is 0 Å². The molecule has 0 fully saturated rings. The van der Waals surface area contributed by atoms with Gasteiger partial charge in [0, 0.05) is 23.1 Å². The van der Waals surface area contributed by atoms with Gasteiger partial charge in [-0.3, -0.25) is 4.79 Å². The van der Waals surface area contributed by atoms with Crippen LogP contribution in [0.4, 0.5) is 5.69 Å². The molecule has 0 aliphatic rings. The molecule has 0 aliphatic carbocycles. The summed E-state index contributed by atoms with van der Waals surface area (Å²) in [4.78, 5) is 15.8. The maximum atomic E-state index is 11.9. The van der Waals surface area contributed by atoms with Crippen LogP contribution in [0.1, 0.15) is 13.0 Å². The zero-order valence-corrected chi connectivity index (χ0v) is 10.1. The highest BCUT2D eigenvalue weighted by molar-refractivity contribution is 6.30. The van der Waals surface area contributed by atoms with E-state index in [0.29, 0.717) is 10.7 Å². The van der Waals surface area contributed by atoms with E-state index in [2.05, 4.69) is 10.3 Å². The van der Waals surface area contributed by atoms with Gasteiger partial charge in [-0.05, 0) is 25.1 Å². The molecule has 17 heavy (non-hydrogen) atoms. The van der Waals surface area contributed by atoms with Crippen LogP contribution in [0.15, 0.2) is 43.0 Å². The summed E-state index contributed by atoms with van der Waals surface area (Å²) in [5.74, 6) is -0.106. The second-order valence-corrected chi connectivity index (χ2v) is 4.12. The maximum Gasteiger partial charge on any atom is 0.247 e. The van der Waals surface area contributed by atoms with Crippen LogP contribution in [0.3, 0.4) is 0 Å². The van der Waals surface area contributed by atoms with Gasteiger partial charge in [-0.15, -0.1) is 0 Å². The van der Waals surface area contributed by atoms with Gasteiger partial charge in [-0.25, -0.2) is 4.98 Å². The number of amides is 1. The largest absolute Gasteiger partial charge is 0.325 e. The summed E-state index contributed by atoms with van der Waals surface area (Å²) in [6.07, 6.45) is 5.01. The molecule has 2 rings (SSSR count). The Labute approximate surface area is 104 Å². The van der Waals surface area contributed by atoms with E-state index >= 15 is 0 Å². The van der Waals surface area contributed by atoms with Gasteiger partial charge in [-0.2, -0.15) is 0 Å². The predicted octanol–water partition coefficient (Wildman–Crippen LogP) is 2.74. The molecule has 1 aromatic heterocycles. The number of aromatic nitrogens is 2. The normalized spacial score (nSPS) is 12.1. The molecular weight excluding hydrogens is 238 g/mol. The molecule has 0 aliphatic heterocycles. The first-order chi connectivity index (χ1) is 8.16. The van der Waals surface area contributed by atoms with Gasteiger partial charge < -0.3 is 9.88 Å². The smallest absolute Gasteiger partial charge is 0.247 e. The van der Waals surface area contributed by atoms with Gasteiger partial charge in [0.2, 0.25) is 5.91 Å². The molecule has 0 radical (unpaired) electrons. The summed E-state index contributed by atoms with van der Waals surface area (Å²) in [6, 6.07) is 6.75. The van der Waals surface area contributed by atoms with E-state index in [1.165, 1.54) is 0 Å². The van der Waals surface area contributed by atoms with Crippen molar-refractivity contribution >= 4 is 23.2 Å². The molecule has 4 nitrogen and oxygen atoms in total. The third-order valence-corrected chi connectivity index (χ3v) is 2.68. The van der Waals surface area contributed by atoms with Crippen molar-refractivity contribution in [2.24, 2.45) is 0 Å².